The number of benzene rings is 1. The normalized spacial score (nSPS) is 15.1. The topological polar surface area (TPSA) is 87.2 Å². The maximum atomic E-state index is 11.5. The molecule has 0 spiro atoms. The van der Waals surface area contributed by atoms with E-state index >= 15 is 0 Å². The molecular weight excluding hydrogens is 242 g/mol. The number of aryl methyl sites for hydroxylation is 1. The molecule has 0 radical (unpaired) electrons. The summed E-state index contributed by atoms with van der Waals surface area (Å²) in [5, 5.41) is 0. The number of rotatable bonds is 4. The lowest BCUT2D eigenvalue weighted by atomic mass is 9.85. The van der Waals surface area contributed by atoms with Crippen molar-refractivity contribution in [2.24, 2.45) is 30.4 Å². The number of hydrogen-bond donors (Lipinski definition) is 2. The summed E-state index contributed by atoms with van der Waals surface area (Å²) in [6, 6.07) is 5.47. The molecular formula is C14H21N3O2. The number of fused-ring (bicyclic) bond motifs is 1. The summed E-state index contributed by atoms with van der Waals surface area (Å²) in [5.74, 6) is 0.255. The molecule has 19 heavy (non-hydrogen) atoms. The zero-order valence-electron chi connectivity index (χ0n) is 11.6. The van der Waals surface area contributed by atoms with Crippen molar-refractivity contribution in [3.63, 3.8) is 0 Å². The maximum Gasteiger partial charge on any atom is 0.419 e. The quantitative estimate of drug-likeness (QED) is 0.872. The highest BCUT2D eigenvalue weighted by Crippen LogP contribution is 2.27. The molecule has 0 aliphatic carbocycles. The average molecular weight is 263 g/mol. The van der Waals surface area contributed by atoms with E-state index in [4.69, 9.17) is 15.9 Å². The van der Waals surface area contributed by atoms with Gasteiger partial charge in [0.15, 0.2) is 5.58 Å². The second kappa shape index (κ2) is 5.19. The molecule has 1 aromatic carbocycles. The van der Waals surface area contributed by atoms with Crippen LogP contribution in [0.25, 0.3) is 11.1 Å². The predicted octanol–water partition coefficient (Wildman–Crippen LogP) is 1.36. The summed E-state index contributed by atoms with van der Waals surface area (Å²) in [6.07, 6.45) is 0. The fourth-order valence-electron chi connectivity index (χ4n) is 2.43. The lowest BCUT2D eigenvalue weighted by Crippen LogP contribution is -2.31. The van der Waals surface area contributed by atoms with Crippen molar-refractivity contribution in [3.8, 4) is 0 Å². The first-order chi connectivity index (χ1) is 8.95. The summed E-state index contributed by atoms with van der Waals surface area (Å²) in [6.45, 7) is 4.77. The minimum absolute atomic E-state index is 0.139. The fourth-order valence-corrected chi connectivity index (χ4v) is 2.43. The molecule has 4 N–H and O–H groups in total. The molecule has 2 rings (SSSR count). The van der Waals surface area contributed by atoms with Crippen molar-refractivity contribution in [3.05, 3.63) is 34.3 Å². The minimum atomic E-state index is -0.361. The van der Waals surface area contributed by atoms with Crippen LogP contribution >= 0.6 is 0 Å². The Hall–Kier alpha value is -1.59. The summed E-state index contributed by atoms with van der Waals surface area (Å²) < 4.78 is 6.59. The highest BCUT2D eigenvalue weighted by Gasteiger charge is 2.22. The molecule has 2 aromatic rings. The Morgan fingerprint density at radius 3 is 2.63 bits per heavy atom. The van der Waals surface area contributed by atoms with Gasteiger partial charge in [-0.15, -0.1) is 0 Å². The monoisotopic (exact) mass is 263 g/mol. The standard InChI is InChI=1S/C14H21N3O2/c1-8(2)10(7-15)13(16)9-4-5-12-11(6-9)17(3)14(18)19-12/h4-6,8,10,13H,7,15-16H2,1-3H3. The average Bonchev–Trinajstić information content (AvgIpc) is 2.65. The van der Waals surface area contributed by atoms with Gasteiger partial charge in [0.2, 0.25) is 0 Å². The third-order valence-corrected chi connectivity index (χ3v) is 3.79. The molecule has 0 bridgehead atoms. The second-order valence-electron chi connectivity index (χ2n) is 5.32. The SMILES string of the molecule is CC(C)C(CN)C(N)c1ccc2oc(=O)n(C)c2c1. The Morgan fingerprint density at radius 1 is 1.37 bits per heavy atom. The van der Waals surface area contributed by atoms with Gasteiger partial charge in [-0.2, -0.15) is 0 Å². The molecule has 0 amide bonds. The summed E-state index contributed by atoms with van der Waals surface area (Å²) in [7, 11) is 1.69. The van der Waals surface area contributed by atoms with Gasteiger partial charge in [-0.05, 0) is 36.1 Å². The summed E-state index contributed by atoms with van der Waals surface area (Å²) in [5.41, 5.74) is 14.4. The van der Waals surface area contributed by atoms with Gasteiger partial charge >= 0.3 is 5.76 Å². The molecule has 1 aromatic heterocycles. The van der Waals surface area contributed by atoms with E-state index in [2.05, 4.69) is 13.8 Å². The smallest absolute Gasteiger partial charge is 0.408 e. The van der Waals surface area contributed by atoms with E-state index in [9.17, 15) is 4.79 Å². The summed E-state index contributed by atoms with van der Waals surface area (Å²) in [4.78, 5) is 11.5. The van der Waals surface area contributed by atoms with Gasteiger partial charge < -0.3 is 15.9 Å². The number of nitrogens with two attached hydrogens (primary N) is 2. The first-order valence-corrected chi connectivity index (χ1v) is 6.50. The van der Waals surface area contributed by atoms with Gasteiger partial charge in [0, 0.05) is 13.1 Å². The van der Waals surface area contributed by atoms with Gasteiger partial charge in [-0.25, -0.2) is 4.79 Å². The first kappa shape index (κ1) is 13.8. The van der Waals surface area contributed by atoms with E-state index in [1.165, 1.54) is 4.57 Å². The molecule has 2 unspecified atom stereocenters. The van der Waals surface area contributed by atoms with E-state index in [0.717, 1.165) is 11.1 Å². The highest BCUT2D eigenvalue weighted by atomic mass is 16.4. The molecule has 0 saturated heterocycles. The van der Waals surface area contributed by atoms with Crippen molar-refractivity contribution in [2.75, 3.05) is 6.54 Å². The van der Waals surface area contributed by atoms with Crippen molar-refractivity contribution in [1.29, 1.82) is 0 Å². The summed E-state index contributed by atoms with van der Waals surface area (Å²) >= 11 is 0. The van der Waals surface area contributed by atoms with Crippen molar-refractivity contribution in [1.82, 2.24) is 4.57 Å². The van der Waals surface area contributed by atoms with E-state index < -0.39 is 0 Å². The molecule has 0 aliphatic heterocycles. The Kier molecular flexibility index (Phi) is 3.78. The maximum absolute atomic E-state index is 11.5. The number of aromatic nitrogens is 1. The fraction of sp³-hybridized carbons (Fsp3) is 0.500. The Balaban J connectivity index is 2.45. The van der Waals surface area contributed by atoms with Gasteiger partial charge in [0.05, 0.1) is 5.52 Å². The Labute approximate surface area is 112 Å². The van der Waals surface area contributed by atoms with Crippen LogP contribution in [0.15, 0.2) is 27.4 Å². The number of oxazole rings is 1. The molecule has 1 heterocycles. The zero-order chi connectivity index (χ0) is 14.2. The molecule has 0 aliphatic rings. The van der Waals surface area contributed by atoms with Crippen LogP contribution in [-0.2, 0) is 7.05 Å². The number of hydrogen-bond acceptors (Lipinski definition) is 4. The molecule has 5 nitrogen and oxygen atoms in total. The third-order valence-electron chi connectivity index (χ3n) is 3.79. The van der Waals surface area contributed by atoms with Crippen LogP contribution in [0.4, 0.5) is 0 Å². The lowest BCUT2D eigenvalue weighted by Gasteiger charge is -2.26. The highest BCUT2D eigenvalue weighted by molar-refractivity contribution is 5.73. The predicted molar refractivity (Wildman–Crippen MR) is 75.8 cm³/mol. The molecule has 0 saturated carbocycles. The van der Waals surface area contributed by atoms with Crippen LogP contribution in [0.5, 0.6) is 0 Å². The molecule has 104 valence electrons. The van der Waals surface area contributed by atoms with Crippen LogP contribution in [0.3, 0.4) is 0 Å². The molecule has 0 fully saturated rings. The third kappa shape index (κ3) is 2.43. The van der Waals surface area contributed by atoms with Gasteiger partial charge in [-0.3, -0.25) is 4.57 Å². The van der Waals surface area contributed by atoms with Crippen LogP contribution in [0, 0.1) is 11.8 Å². The van der Waals surface area contributed by atoms with Crippen LogP contribution in [-0.4, -0.2) is 11.1 Å². The van der Waals surface area contributed by atoms with Crippen LogP contribution in [0.1, 0.15) is 25.5 Å². The van der Waals surface area contributed by atoms with E-state index in [1.807, 2.05) is 12.1 Å². The molecule has 5 heteroatoms. The van der Waals surface area contributed by atoms with Crippen molar-refractivity contribution >= 4 is 11.1 Å². The van der Waals surface area contributed by atoms with E-state index in [-0.39, 0.29) is 17.7 Å². The Bertz CT molecular complexity index is 627. The van der Waals surface area contributed by atoms with Gasteiger partial charge in [0.1, 0.15) is 0 Å². The minimum Gasteiger partial charge on any atom is -0.408 e. The lowest BCUT2D eigenvalue weighted by molar-refractivity contribution is 0.331. The van der Waals surface area contributed by atoms with Crippen molar-refractivity contribution < 1.29 is 4.42 Å². The largest absolute Gasteiger partial charge is 0.419 e. The number of nitrogens with zero attached hydrogens (tertiary/aromatic N) is 1. The first-order valence-electron chi connectivity index (χ1n) is 6.50. The molecule has 2 atom stereocenters. The zero-order valence-corrected chi connectivity index (χ0v) is 11.6. The second-order valence-corrected chi connectivity index (χ2v) is 5.32. The van der Waals surface area contributed by atoms with E-state index in [0.29, 0.717) is 18.0 Å². The van der Waals surface area contributed by atoms with Crippen LogP contribution < -0.4 is 17.2 Å². The van der Waals surface area contributed by atoms with E-state index in [1.54, 1.807) is 13.1 Å². The van der Waals surface area contributed by atoms with Crippen molar-refractivity contribution in [2.45, 2.75) is 19.9 Å². The van der Waals surface area contributed by atoms with Crippen LogP contribution in [0.2, 0.25) is 0 Å². The Morgan fingerprint density at radius 2 is 2.05 bits per heavy atom. The van der Waals surface area contributed by atoms with Gasteiger partial charge in [0.25, 0.3) is 0 Å². The van der Waals surface area contributed by atoms with Gasteiger partial charge in [-0.1, -0.05) is 19.9 Å².